The van der Waals surface area contributed by atoms with Gasteiger partial charge in [0.25, 0.3) is 5.91 Å². The van der Waals surface area contributed by atoms with Crippen LogP contribution in [0.1, 0.15) is 71.9 Å². The number of rotatable bonds is 7. The molecule has 7 heteroatoms. The van der Waals surface area contributed by atoms with Gasteiger partial charge >= 0.3 is 11.9 Å². The summed E-state index contributed by atoms with van der Waals surface area (Å²) in [5.41, 5.74) is 2.82. The van der Waals surface area contributed by atoms with E-state index in [1.807, 2.05) is 19.9 Å². The van der Waals surface area contributed by atoms with Gasteiger partial charge < -0.3 is 14.8 Å². The molecule has 6 nitrogen and oxygen atoms in total. The molecule has 1 aliphatic rings. The molecule has 188 valence electrons. The largest absolute Gasteiger partial charge is 0.458 e. The topological polar surface area (TPSA) is 81.7 Å². The Hall–Kier alpha value is -2.67. The van der Waals surface area contributed by atoms with Crippen molar-refractivity contribution in [2.24, 2.45) is 17.8 Å². The first-order chi connectivity index (χ1) is 16.6. The second-order valence-electron chi connectivity index (χ2n) is 9.78. The number of halogens is 1. The summed E-state index contributed by atoms with van der Waals surface area (Å²) in [5.74, 6) is -0.554. The fourth-order valence-corrected chi connectivity index (χ4v) is 5.04. The van der Waals surface area contributed by atoms with E-state index in [0.717, 1.165) is 34.9 Å². The molecule has 3 rings (SSSR count). The molecule has 0 aliphatic heterocycles. The molecule has 2 aromatic rings. The zero-order valence-corrected chi connectivity index (χ0v) is 22.6. The third kappa shape index (κ3) is 6.72. The average molecular weight is 544 g/mol. The van der Waals surface area contributed by atoms with Crippen LogP contribution in [0.5, 0.6) is 0 Å². The number of ether oxygens (including phenoxy) is 2. The van der Waals surface area contributed by atoms with Gasteiger partial charge in [0, 0.05) is 10.2 Å². The first kappa shape index (κ1) is 26.9. The summed E-state index contributed by atoms with van der Waals surface area (Å²) in [5, 5.41) is 2.77. The summed E-state index contributed by atoms with van der Waals surface area (Å²) in [7, 11) is 0. The highest BCUT2D eigenvalue weighted by Crippen LogP contribution is 2.36. The van der Waals surface area contributed by atoms with E-state index in [-0.39, 0.29) is 17.2 Å². The van der Waals surface area contributed by atoms with Crippen LogP contribution in [0.15, 0.2) is 40.9 Å². The Morgan fingerprint density at radius 1 is 1.00 bits per heavy atom. The number of carbonyl (C=O) groups is 3. The normalized spacial score (nSPS) is 19.8. The Morgan fingerprint density at radius 2 is 1.66 bits per heavy atom. The second kappa shape index (κ2) is 11.8. The lowest BCUT2D eigenvalue weighted by Gasteiger charge is -2.36. The Labute approximate surface area is 215 Å². The Bertz CT molecular complexity index is 1100. The number of carbonyl (C=O) groups excluding carboxylic acids is 3. The predicted molar refractivity (Wildman–Crippen MR) is 140 cm³/mol. The fourth-order valence-electron chi connectivity index (χ4n) is 4.61. The van der Waals surface area contributed by atoms with Crippen molar-refractivity contribution >= 4 is 39.5 Å². The maximum atomic E-state index is 13.1. The summed E-state index contributed by atoms with van der Waals surface area (Å²) in [4.78, 5) is 38.3. The van der Waals surface area contributed by atoms with Gasteiger partial charge in [0.2, 0.25) is 0 Å². The van der Waals surface area contributed by atoms with Crippen LogP contribution in [-0.4, -0.2) is 30.6 Å². The van der Waals surface area contributed by atoms with Crippen LogP contribution in [0.2, 0.25) is 0 Å². The van der Waals surface area contributed by atoms with Crippen LogP contribution in [0.4, 0.5) is 5.69 Å². The fraction of sp³-hybridized carbons (Fsp3) is 0.464. The molecule has 0 aromatic heterocycles. The van der Waals surface area contributed by atoms with Crippen molar-refractivity contribution in [3.63, 3.8) is 0 Å². The van der Waals surface area contributed by atoms with Gasteiger partial charge in [0.05, 0.1) is 11.1 Å². The average Bonchev–Trinajstić information content (AvgIpc) is 2.82. The Balaban J connectivity index is 1.65. The van der Waals surface area contributed by atoms with Crippen LogP contribution < -0.4 is 5.32 Å². The Morgan fingerprint density at radius 3 is 2.31 bits per heavy atom. The minimum atomic E-state index is -0.742. The van der Waals surface area contributed by atoms with Crippen molar-refractivity contribution in [3.8, 4) is 0 Å². The van der Waals surface area contributed by atoms with Crippen LogP contribution in [-0.2, 0) is 14.3 Å². The molecular formula is C28H34BrNO5. The maximum Gasteiger partial charge on any atom is 0.339 e. The minimum absolute atomic E-state index is 0.0888. The summed E-state index contributed by atoms with van der Waals surface area (Å²) in [6, 6.07) is 10.0. The van der Waals surface area contributed by atoms with Crippen LogP contribution in [0.25, 0.3) is 0 Å². The van der Waals surface area contributed by atoms with Crippen molar-refractivity contribution in [2.45, 2.75) is 60.0 Å². The number of anilines is 1. The molecular weight excluding hydrogens is 510 g/mol. The van der Waals surface area contributed by atoms with Crippen molar-refractivity contribution in [1.29, 1.82) is 0 Å². The van der Waals surface area contributed by atoms with Gasteiger partial charge in [-0.05, 0) is 79.8 Å². The molecule has 0 bridgehead atoms. The zero-order valence-electron chi connectivity index (χ0n) is 21.0. The summed E-state index contributed by atoms with van der Waals surface area (Å²) in [6.45, 7) is 9.85. The minimum Gasteiger partial charge on any atom is -0.458 e. The lowest BCUT2D eigenvalue weighted by atomic mass is 9.75. The summed E-state index contributed by atoms with van der Waals surface area (Å²) >= 11 is 3.46. The van der Waals surface area contributed by atoms with Crippen LogP contribution in [0, 0.1) is 31.6 Å². The van der Waals surface area contributed by atoms with E-state index in [0.29, 0.717) is 23.4 Å². The number of hydrogen-bond acceptors (Lipinski definition) is 5. The molecule has 1 N–H and O–H groups in total. The lowest BCUT2D eigenvalue weighted by molar-refractivity contribution is -0.119. The van der Waals surface area contributed by atoms with Gasteiger partial charge in [0.1, 0.15) is 6.10 Å². The molecule has 35 heavy (non-hydrogen) atoms. The SMILES string of the molecule is Cc1c(Br)ccc(NC(=O)COC(=O)c2ccccc2C(=O)O[C@@H]2C[C@@H](C)CC[C@@H]2C(C)C)c1C. The van der Waals surface area contributed by atoms with Gasteiger partial charge in [-0.1, -0.05) is 55.3 Å². The summed E-state index contributed by atoms with van der Waals surface area (Å²) < 4.78 is 12.1. The van der Waals surface area contributed by atoms with Gasteiger partial charge in [-0.25, -0.2) is 9.59 Å². The van der Waals surface area contributed by atoms with Crippen LogP contribution in [0.3, 0.4) is 0 Å². The molecule has 0 spiro atoms. The third-order valence-corrected chi connectivity index (χ3v) is 7.78. The number of hydrogen-bond donors (Lipinski definition) is 1. The maximum absolute atomic E-state index is 13.1. The molecule has 0 saturated heterocycles. The monoisotopic (exact) mass is 543 g/mol. The highest BCUT2D eigenvalue weighted by atomic mass is 79.9. The first-order valence-corrected chi connectivity index (χ1v) is 12.9. The first-order valence-electron chi connectivity index (χ1n) is 12.1. The van der Waals surface area contributed by atoms with E-state index in [1.165, 1.54) is 6.07 Å². The zero-order chi connectivity index (χ0) is 25.7. The molecule has 0 radical (unpaired) electrons. The van der Waals surface area contributed by atoms with Gasteiger partial charge in [0.15, 0.2) is 6.61 Å². The molecule has 0 heterocycles. The summed E-state index contributed by atoms with van der Waals surface area (Å²) in [6.07, 6.45) is 2.78. The van der Waals surface area contributed by atoms with E-state index in [1.54, 1.807) is 24.3 Å². The van der Waals surface area contributed by atoms with Gasteiger partial charge in [-0.2, -0.15) is 0 Å². The van der Waals surface area contributed by atoms with Gasteiger partial charge in [-0.3, -0.25) is 4.79 Å². The number of esters is 2. The number of benzene rings is 2. The van der Waals surface area contributed by atoms with Crippen molar-refractivity contribution < 1.29 is 23.9 Å². The van der Waals surface area contributed by atoms with Crippen molar-refractivity contribution in [2.75, 3.05) is 11.9 Å². The molecule has 2 aromatic carbocycles. The number of amides is 1. The molecule has 3 atom stereocenters. The van der Waals surface area contributed by atoms with E-state index in [9.17, 15) is 14.4 Å². The van der Waals surface area contributed by atoms with E-state index < -0.39 is 24.5 Å². The third-order valence-electron chi connectivity index (χ3n) is 6.92. The quantitative estimate of drug-likeness (QED) is 0.404. The highest BCUT2D eigenvalue weighted by molar-refractivity contribution is 9.10. The smallest absolute Gasteiger partial charge is 0.339 e. The molecule has 0 unspecified atom stereocenters. The van der Waals surface area contributed by atoms with E-state index in [2.05, 4.69) is 42.0 Å². The second-order valence-corrected chi connectivity index (χ2v) is 10.6. The predicted octanol–water partition coefficient (Wildman–Crippen LogP) is 6.48. The number of nitrogens with one attached hydrogen (secondary N) is 1. The van der Waals surface area contributed by atoms with E-state index in [4.69, 9.17) is 9.47 Å². The molecule has 1 fully saturated rings. The van der Waals surface area contributed by atoms with Crippen molar-refractivity contribution in [3.05, 3.63) is 63.1 Å². The standard InChI is InChI=1S/C28H34BrNO5/c1-16(2)20-11-10-17(3)14-25(20)35-28(33)22-9-7-6-8-21(22)27(32)34-15-26(31)30-24-13-12-23(29)18(4)19(24)5/h6-9,12-13,16-17,20,25H,10-11,14-15H2,1-5H3,(H,30,31)/t17-,20+,25+/m0/s1. The molecule has 1 aliphatic carbocycles. The lowest BCUT2D eigenvalue weighted by Crippen LogP contribution is -2.36. The van der Waals surface area contributed by atoms with Gasteiger partial charge in [-0.15, -0.1) is 0 Å². The highest BCUT2D eigenvalue weighted by Gasteiger charge is 2.34. The van der Waals surface area contributed by atoms with Crippen LogP contribution >= 0.6 is 15.9 Å². The molecule has 1 amide bonds. The van der Waals surface area contributed by atoms with Crippen molar-refractivity contribution in [1.82, 2.24) is 0 Å². The van der Waals surface area contributed by atoms with E-state index >= 15 is 0 Å². The Kier molecular flexibility index (Phi) is 9.11. The molecule has 1 saturated carbocycles.